The first-order valence-corrected chi connectivity index (χ1v) is 6.76. The van der Waals surface area contributed by atoms with Gasteiger partial charge in [0.1, 0.15) is 0 Å². The minimum Gasteiger partial charge on any atom is -0.347 e. The van der Waals surface area contributed by atoms with E-state index in [0.717, 1.165) is 12.8 Å². The normalized spacial score (nSPS) is 12.7. The van der Waals surface area contributed by atoms with Crippen LogP contribution in [-0.4, -0.2) is 4.57 Å². The maximum absolute atomic E-state index is 2.33. The standard InChI is InChI=1S/C17H23N/c1-5-6-9-12-17(2,3)16-13-14-10-7-8-11-15(14)18(16)4/h6-11,13H,5,12H2,1-4H3/b9-6+. The molecular weight excluding hydrogens is 218 g/mol. The summed E-state index contributed by atoms with van der Waals surface area (Å²) < 4.78 is 2.33. The molecule has 0 saturated heterocycles. The van der Waals surface area contributed by atoms with Gasteiger partial charge in [0.25, 0.3) is 0 Å². The Hall–Kier alpha value is -1.50. The summed E-state index contributed by atoms with van der Waals surface area (Å²) in [7, 11) is 2.17. The van der Waals surface area contributed by atoms with Crippen molar-refractivity contribution in [1.82, 2.24) is 4.57 Å². The average Bonchev–Trinajstić information content (AvgIpc) is 2.69. The van der Waals surface area contributed by atoms with Crippen LogP contribution in [0.15, 0.2) is 42.5 Å². The molecule has 2 rings (SSSR count). The van der Waals surface area contributed by atoms with E-state index in [1.165, 1.54) is 16.6 Å². The van der Waals surface area contributed by atoms with Gasteiger partial charge < -0.3 is 4.57 Å². The minimum atomic E-state index is 0.180. The molecule has 0 amide bonds. The van der Waals surface area contributed by atoms with E-state index in [2.05, 4.69) is 74.9 Å². The molecule has 2 aromatic rings. The maximum atomic E-state index is 2.33. The van der Waals surface area contributed by atoms with E-state index < -0.39 is 0 Å². The molecule has 0 atom stereocenters. The molecule has 1 heteroatoms. The summed E-state index contributed by atoms with van der Waals surface area (Å²) in [6.45, 7) is 6.82. The van der Waals surface area contributed by atoms with Crippen molar-refractivity contribution in [3.63, 3.8) is 0 Å². The van der Waals surface area contributed by atoms with Gasteiger partial charge in [-0.05, 0) is 30.4 Å². The number of aryl methyl sites for hydroxylation is 1. The third-order valence-corrected chi connectivity index (χ3v) is 3.68. The number of para-hydroxylation sites is 1. The van der Waals surface area contributed by atoms with Crippen LogP contribution in [0.25, 0.3) is 10.9 Å². The summed E-state index contributed by atoms with van der Waals surface area (Å²) in [4.78, 5) is 0. The van der Waals surface area contributed by atoms with Crippen molar-refractivity contribution in [2.24, 2.45) is 7.05 Å². The SMILES string of the molecule is CC/C=C/CC(C)(C)c1cc2ccccc2n1C. The Labute approximate surface area is 110 Å². The van der Waals surface area contributed by atoms with E-state index >= 15 is 0 Å². The Morgan fingerprint density at radius 1 is 1.17 bits per heavy atom. The Kier molecular flexibility index (Phi) is 3.60. The summed E-state index contributed by atoms with van der Waals surface area (Å²) in [5.74, 6) is 0. The average molecular weight is 241 g/mol. The zero-order chi connectivity index (χ0) is 13.2. The summed E-state index contributed by atoms with van der Waals surface area (Å²) >= 11 is 0. The van der Waals surface area contributed by atoms with E-state index in [0.29, 0.717) is 0 Å². The predicted molar refractivity (Wildman–Crippen MR) is 80.0 cm³/mol. The van der Waals surface area contributed by atoms with E-state index in [9.17, 15) is 0 Å². The van der Waals surface area contributed by atoms with Crippen molar-refractivity contribution in [2.45, 2.75) is 39.0 Å². The molecular formula is C17H23N. The number of hydrogen-bond donors (Lipinski definition) is 0. The van der Waals surface area contributed by atoms with E-state index in [1.54, 1.807) is 0 Å². The van der Waals surface area contributed by atoms with E-state index in [-0.39, 0.29) is 5.41 Å². The van der Waals surface area contributed by atoms with Gasteiger partial charge in [0.05, 0.1) is 0 Å². The van der Waals surface area contributed by atoms with Crippen LogP contribution >= 0.6 is 0 Å². The van der Waals surface area contributed by atoms with E-state index in [4.69, 9.17) is 0 Å². The summed E-state index contributed by atoms with van der Waals surface area (Å²) in [6, 6.07) is 10.9. The monoisotopic (exact) mass is 241 g/mol. The Morgan fingerprint density at radius 2 is 1.89 bits per heavy atom. The molecule has 0 aliphatic carbocycles. The van der Waals surface area contributed by atoms with Crippen LogP contribution in [0.5, 0.6) is 0 Å². The van der Waals surface area contributed by atoms with Gasteiger partial charge in [0.2, 0.25) is 0 Å². The molecule has 0 aliphatic rings. The third kappa shape index (κ3) is 2.35. The Bertz CT molecular complexity index is 558. The fraction of sp³-hybridized carbons (Fsp3) is 0.412. The van der Waals surface area contributed by atoms with Crippen molar-refractivity contribution in [3.8, 4) is 0 Å². The molecule has 1 aromatic heterocycles. The first kappa shape index (κ1) is 12.9. The largest absolute Gasteiger partial charge is 0.347 e. The number of nitrogens with zero attached hydrogens (tertiary/aromatic N) is 1. The quantitative estimate of drug-likeness (QED) is 0.677. The lowest BCUT2D eigenvalue weighted by atomic mass is 9.85. The van der Waals surface area contributed by atoms with Crippen molar-refractivity contribution in [1.29, 1.82) is 0 Å². The second kappa shape index (κ2) is 5.01. The molecule has 18 heavy (non-hydrogen) atoms. The lowest BCUT2D eigenvalue weighted by molar-refractivity contribution is 0.499. The highest BCUT2D eigenvalue weighted by molar-refractivity contribution is 5.81. The van der Waals surface area contributed by atoms with Gasteiger partial charge in [-0.2, -0.15) is 0 Å². The zero-order valence-electron chi connectivity index (χ0n) is 11.9. The molecule has 0 N–H and O–H groups in total. The molecule has 1 aromatic carbocycles. The van der Waals surface area contributed by atoms with Crippen LogP contribution in [0.3, 0.4) is 0 Å². The fourth-order valence-electron chi connectivity index (χ4n) is 2.59. The van der Waals surface area contributed by atoms with Crippen molar-refractivity contribution >= 4 is 10.9 Å². The smallest absolute Gasteiger partial charge is 0.0480 e. The number of aromatic nitrogens is 1. The van der Waals surface area contributed by atoms with Crippen LogP contribution in [0.1, 0.15) is 39.3 Å². The number of rotatable bonds is 4. The highest BCUT2D eigenvalue weighted by Gasteiger charge is 2.23. The zero-order valence-corrected chi connectivity index (χ0v) is 11.9. The van der Waals surface area contributed by atoms with Crippen LogP contribution < -0.4 is 0 Å². The fourth-order valence-corrected chi connectivity index (χ4v) is 2.59. The highest BCUT2D eigenvalue weighted by Crippen LogP contribution is 2.31. The van der Waals surface area contributed by atoms with Gasteiger partial charge in [-0.15, -0.1) is 0 Å². The molecule has 1 nitrogen and oxygen atoms in total. The summed E-state index contributed by atoms with van der Waals surface area (Å²) in [5.41, 5.74) is 2.91. The van der Waals surface area contributed by atoms with Crippen LogP contribution in [-0.2, 0) is 12.5 Å². The number of fused-ring (bicyclic) bond motifs is 1. The highest BCUT2D eigenvalue weighted by atomic mass is 15.0. The number of hydrogen-bond acceptors (Lipinski definition) is 0. The van der Waals surface area contributed by atoms with Crippen molar-refractivity contribution in [2.75, 3.05) is 0 Å². The lowest BCUT2D eigenvalue weighted by Crippen LogP contribution is -2.19. The molecule has 0 unspecified atom stereocenters. The predicted octanol–water partition coefficient (Wildman–Crippen LogP) is 4.81. The van der Waals surface area contributed by atoms with Gasteiger partial charge in [-0.25, -0.2) is 0 Å². The molecule has 0 radical (unpaired) electrons. The topological polar surface area (TPSA) is 4.93 Å². The Morgan fingerprint density at radius 3 is 2.56 bits per heavy atom. The Balaban J connectivity index is 2.40. The van der Waals surface area contributed by atoms with Gasteiger partial charge in [-0.3, -0.25) is 0 Å². The second-order valence-electron chi connectivity index (χ2n) is 5.62. The number of benzene rings is 1. The molecule has 0 fully saturated rings. The van der Waals surface area contributed by atoms with E-state index in [1.807, 2.05) is 0 Å². The molecule has 0 saturated carbocycles. The van der Waals surface area contributed by atoms with Gasteiger partial charge in [0, 0.05) is 23.7 Å². The van der Waals surface area contributed by atoms with Gasteiger partial charge in [-0.1, -0.05) is 51.1 Å². The summed E-state index contributed by atoms with van der Waals surface area (Å²) in [6.07, 6.45) is 6.76. The molecule has 0 spiro atoms. The molecule has 0 bridgehead atoms. The van der Waals surface area contributed by atoms with Gasteiger partial charge >= 0.3 is 0 Å². The maximum Gasteiger partial charge on any atom is 0.0480 e. The first-order valence-electron chi connectivity index (χ1n) is 6.76. The van der Waals surface area contributed by atoms with Crippen molar-refractivity contribution in [3.05, 3.63) is 48.2 Å². The van der Waals surface area contributed by atoms with Crippen molar-refractivity contribution < 1.29 is 0 Å². The van der Waals surface area contributed by atoms with Gasteiger partial charge in [0.15, 0.2) is 0 Å². The van der Waals surface area contributed by atoms with Crippen LogP contribution in [0, 0.1) is 0 Å². The lowest BCUT2D eigenvalue weighted by Gasteiger charge is -2.24. The number of allylic oxidation sites excluding steroid dienone is 2. The first-order chi connectivity index (χ1) is 8.56. The summed E-state index contributed by atoms with van der Waals surface area (Å²) in [5, 5.41) is 1.34. The minimum absolute atomic E-state index is 0.180. The third-order valence-electron chi connectivity index (χ3n) is 3.68. The molecule has 96 valence electrons. The van der Waals surface area contributed by atoms with Crippen LogP contribution in [0.2, 0.25) is 0 Å². The molecule has 0 aliphatic heterocycles. The molecule has 1 heterocycles. The van der Waals surface area contributed by atoms with Crippen LogP contribution in [0.4, 0.5) is 0 Å². The second-order valence-corrected chi connectivity index (χ2v) is 5.62.